The lowest BCUT2D eigenvalue weighted by molar-refractivity contribution is 0.167. The number of hydrogen-bond acceptors (Lipinski definition) is 2. The maximum Gasteiger partial charge on any atom is 0.137 e. The van der Waals surface area contributed by atoms with E-state index in [2.05, 4.69) is 4.98 Å². The molecule has 15 heavy (non-hydrogen) atoms. The van der Waals surface area contributed by atoms with Crippen molar-refractivity contribution < 1.29 is 5.11 Å². The number of pyridine rings is 1. The fourth-order valence-corrected chi connectivity index (χ4v) is 1.88. The van der Waals surface area contributed by atoms with Gasteiger partial charge in [0.25, 0.3) is 0 Å². The number of imidazole rings is 1. The van der Waals surface area contributed by atoms with E-state index in [1.807, 2.05) is 43.5 Å². The summed E-state index contributed by atoms with van der Waals surface area (Å²) in [6.45, 7) is 5.95. The van der Waals surface area contributed by atoms with Crippen molar-refractivity contribution in [1.29, 1.82) is 0 Å². The number of aromatic nitrogens is 2. The molecule has 0 saturated heterocycles. The summed E-state index contributed by atoms with van der Waals surface area (Å²) < 4.78 is 1.98. The van der Waals surface area contributed by atoms with Crippen LogP contribution in [-0.4, -0.2) is 14.5 Å². The Bertz CT molecular complexity index is 488. The van der Waals surface area contributed by atoms with E-state index in [0.717, 1.165) is 17.0 Å². The molecule has 0 aliphatic rings. The molecule has 0 aliphatic carbocycles. The highest BCUT2D eigenvalue weighted by Gasteiger charge is 2.15. The van der Waals surface area contributed by atoms with E-state index >= 15 is 0 Å². The molecular weight excluding hydrogens is 188 g/mol. The van der Waals surface area contributed by atoms with Crippen molar-refractivity contribution in [3.8, 4) is 0 Å². The van der Waals surface area contributed by atoms with Crippen LogP contribution in [-0.2, 0) is 0 Å². The summed E-state index contributed by atoms with van der Waals surface area (Å²) in [5.41, 5.74) is 3.90. The summed E-state index contributed by atoms with van der Waals surface area (Å²) in [5, 5.41) is 9.93. The van der Waals surface area contributed by atoms with Crippen molar-refractivity contribution in [2.45, 2.75) is 33.3 Å². The molecule has 2 rings (SSSR count). The van der Waals surface area contributed by atoms with Crippen molar-refractivity contribution in [2.75, 3.05) is 0 Å². The molecule has 0 radical (unpaired) electrons. The molecule has 2 aromatic rings. The molecule has 2 aromatic heterocycles. The van der Waals surface area contributed by atoms with Crippen LogP contribution in [0.2, 0.25) is 0 Å². The zero-order valence-electron chi connectivity index (χ0n) is 9.36. The summed E-state index contributed by atoms with van der Waals surface area (Å²) >= 11 is 0. The minimum absolute atomic E-state index is 0.429. The summed E-state index contributed by atoms with van der Waals surface area (Å²) in [6, 6.07) is 4.01. The average Bonchev–Trinajstić information content (AvgIpc) is 2.52. The van der Waals surface area contributed by atoms with Gasteiger partial charge >= 0.3 is 0 Å². The number of nitrogens with zero attached hydrogens (tertiary/aromatic N) is 2. The monoisotopic (exact) mass is 204 g/mol. The predicted octanol–water partition coefficient (Wildman–Crippen LogP) is 2.39. The molecule has 0 aromatic carbocycles. The standard InChI is InChI=1S/C12H16N2O/c1-4-10(15)12-9(3)13-11-6-5-8(2)7-14(11)12/h5-7,10,15H,4H2,1-3H3. The Morgan fingerprint density at radius 1 is 1.40 bits per heavy atom. The molecule has 0 spiro atoms. The zero-order chi connectivity index (χ0) is 11.0. The summed E-state index contributed by atoms with van der Waals surface area (Å²) in [6.07, 6.45) is 2.30. The van der Waals surface area contributed by atoms with Gasteiger partial charge < -0.3 is 9.51 Å². The van der Waals surface area contributed by atoms with Crippen LogP contribution in [0.25, 0.3) is 5.65 Å². The normalized spacial score (nSPS) is 13.3. The van der Waals surface area contributed by atoms with Gasteiger partial charge in [0, 0.05) is 6.20 Å². The molecule has 0 aliphatic heterocycles. The van der Waals surface area contributed by atoms with E-state index in [-0.39, 0.29) is 0 Å². The van der Waals surface area contributed by atoms with Crippen LogP contribution in [0.15, 0.2) is 18.3 Å². The number of aryl methyl sites for hydroxylation is 2. The lowest BCUT2D eigenvalue weighted by atomic mass is 10.1. The number of hydrogen-bond donors (Lipinski definition) is 1. The van der Waals surface area contributed by atoms with Gasteiger partial charge in [-0.1, -0.05) is 13.0 Å². The first-order valence-electron chi connectivity index (χ1n) is 5.26. The van der Waals surface area contributed by atoms with Gasteiger partial charge in [0.15, 0.2) is 0 Å². The quantitative estimate of drug-likeness (QED) is 0.815. The van der Waals surface area contributed by atoms with Crippen LogP contribution in [0.5, 0.6) is 0 Å². The number of rotatable bonds is 2. The van der Waals surface area contributed by atoms with Gasteiger partial charge in [-0.25, -0.2) is 4.98 Å². The molecular formula is C12H16N2O. The van der Waals surface area contributed by atoms with Gasteiger partial charge in [-0.2, -0.15) is 0 Å². The van der Waals surface area contributed by atoms with Crippen molar-refractivity contribution in [2.24, 2.45) is 0 Å². The largest absolute Gasteiger partial charge is 0.387 e. The van der Waals surface area contributed by atoms with Crippen LogP contribution in [0.4, 0.5) is 0 Å². The Labute approximate surface area is 89.4 Å². The Balaban J connectivity index is 2.70. The number of fused-ring (bicyclic) bond motifs is 1. The smallest absolute Gasteiger partial charge is 0.137 e. The van der Waals surface area contributed by atoms with E-state index in [4.69, 9.17) is 0 Å². The predicted molar refractivity (Wildman–Crippen MR) is 59.9 cm³/mol. The Morgan fingerprint density at radius 2 is 2.13 bits per heavy atom. The van der Waals surface area contributed by atoms with Crippen molar-refractivity contribution in [3.63, 3.8) is 0 Å². The molecule has 3 nitrogen and oxygen atoms in total. The average molecular weight is 204 g/mol. The minimum atomic E-state index is -0.429. The van der Waals surface area contributed by atoms with E-state index in [9.17, 15) is 5.11 Å². The van der Waals surface area contributed by atoms with Gasteiger partial charge in [0.2, 0.25) is 0 Å². The third-order valence-electron chi connectivity index (χ3n) is 2.69. The second-order valence-corrected chi connectivity index (χ2v) is 3.94. The Morgan fingerprint density at radius 3 is 2.80 bits per heavy atom. The highest BCUT2D eigenvalue weighted by atomic mass is 16.3. The second-order valence-electron chi connectivity index (χ2n) is 3.94. The molecule has 1 atom stereocenters. The second kappa shape index (κ2) is 3.66. The lowest BCUT2D eigenvalue weighted by Gasteiger charge is -2.09. The third kappa shape index (κ3) is 1.63. The molecule has 2 heterocycles. The third-order valence-corrected chi connectivity index (χ3v) is 2.69. The molecule has 0 bridgehead atoms. The minimum Gasteiger partial charge on any atom is -0.387 e. The van der Waals surface area contributed by atoms with Crippen molar-refractivity contribution in [3.05, 3.63) is 35.3 Å². The zero-order valence-corrected chi connectivity index (χ0v) is 9.36. The maximum atomic E-state index is 9.93. The SMILES string of the molecule is CCC(O)c1c(C)nc2ccc(C)cn12. The lowest BCUT2D eigenvalue weighted by Crippen LogP contribution is -2.02. The topological polar surface area (TPSA) is 37.5 Å². The van der Waals surface area contributed by atoms with Crippen LogP contribution >= 0.6 is 0 Å². The van der Waals surface area contributed by atoms with Crippen LogP contribution in [0.1, 0.15) is 36.4 Å². The van der Waals surface area contributed by atoms with Crippen LogP contribution in [0, 0.1) is 13.8 Å². The highest BCUT2D eigenvalue weighted by molar-refractivity contribution is 5.44. The molecule has 1 N–H and O–H groups in total. The van der Waals surface area contributed by atoms with Gasteiger partial charge in [0.1, 0.15) is 5.65 Å². The van der Waals surface area contributed by atoms with E-state index in [1.54, 1.807) is 0 Å². The summed E-state index contributed by atoms with van der Waals surface area (Å²) in [7, 11) is 0. The summed E-state index contributed by atoms with van der Waals surface area (Å²) in [5.74, 6) is 0. The number of aliphatic hydroxyl groups is 1. The molecule has 0 fully saturated rings. The highest BCUT2D eigenvalue weighted by Crippen LogP contribution is 2.22. The fraction of sp³-hybridized carbons (Fsp3) is 0.417. The van der Waals surface area contributed by atoms with Crippen molar-refractivity contribution in [1.82, 2.24) is 9.38 Å². The van der Waals surface area contributed by atoms with Gasteiger partial charge in [-0.3, -0.25) is 0 Å². The van der Waals surface area contributed by atoms with E-state index in [0.29, 0.717) is 6.42 Å². The van der Waals surface area contributed by atoms with Gasteiger partial charge in [-0.05, 0) is 31.9 Å². The Hall–Kier alpha value is -1.35. The van der Waals surface area contributed by atoms with Crippen molar-refractivity contribution >= 4 is 5.65 Å². The molecule has 0 amide bonds. The van der Waals surface area contributed by atoms with Gasteiger partial charge in [0.05, 0.1) is 17.5 Å². The summed E-state index contributed by atoms with van der Waals surface area (Å²) in [4.78, 5) is 4.43. The molecule has 80 valence electrons. The van der Waals surface area contributed by atoms with E-state index < -0.39 is 6.10 Å². The van der Waals surface area contributed by atoms with Gasteiger partial charge in [-0.15, -0.1) is 0 Å². The molecule has 1 unspecified atom stereocenters. The van der Waals surface area contributed by atoms with Crippen LogP contribution in [0.3, 0.4) is 0 Å². The fourth-order valence-electron chi connectivity index (χ4n) is 1.88. The maximum absolute atomic E-state index is 9.93. The van der Waals surface area contributed by atoms with Crippen LogP contribution < -0.4 is 0 Å². The number of aliphatic hydroxyl groups excluding tert-OH is 1. The molecule has 0 saturated carbocycles. The first-order valence-corrected chi connectivity index (χ1v) is 5.26. The first kappa shape index (κ1) is 10.2. The Kier molecular flexibility index (Phi) is 2.49. The first-order chi connectivity index (χ1) is 7.13. The molecule has 3 heteroatoms. The van der Waals surface area contributed by atoms with E-state index in [1.165, 1.54) is 5.56 Å².